The van der Waals surface area contributed by atoms with E-state index in [0.29, 0.717) is 5.56 Å². The Kier molecular flexibility index (Phi) is 3.40. The first-order valence-corrected chi connectivity index (χ1v) is 9.15. The molecule has 2 nitrogen and oxygen atoms in total. The normalized spacial score (nSPS) is 19.9. The minimum atomic E-state index is -0.951. The van der Waals surface area contributed by atoms with Crippen molar-refractivity contribution in [3.05, 3.63) is 78.8 Å². The molecule has 0 radical (unpaired) electrons. The van der Waals surface area contributed by atoms with Gasteiger partial charge in [0.15, 0.2) is 0 Å². The summed E-state index contributed by atoms with van der Waals surface area (Å²) in [6, 6.07) is 17.0. The third kappa shape index (κ3) is 3.45. The van der Waals surface area contributed by atoms with Crippen LogP contribution in [0, 0.1) is 0 Å². The number of hydrogen-bond donors (Lipinski definition) is 0. The molecule has 0 amide bonds. The van der Waals surface area contributed by atoms with Crippen LogP contribution in [0.2, 0.25) is 0 Å². The molecule has 0 unspecified atom stereocenters. The summed E-state index contributed by atoms with van der Waals surface area (Å²) in [5.74, 6) is 0. The van der Waals surface area contributed by atoms with E-state index in [9.17, 15) is 0 Å². The van der Waals surface area contributed by atoms with Crippen molar-refractivity contribution in [2.24, 2.45) is 0 Å². The second-order valence-electron chi connectivity index (χ2n) is 7.82. The number of hydrogen-bond acceptors (Lipinski definition) is 2. The first-order valence-electron chi connectivity index (χ1n) is 11.2. The molecule has 1 saturated heterocycles. The Bertz CT molecular complexity index is 1080. The lowest BCUT2D eigenvalue weighted by Gasteiger charge is -2.32. The molecule has 27 heavy (non-hydrogen) atoms. The molecular weight excluding hydrogens is 331 g/mol. The summed E-state index contributed by atoms with van der Waals surface area (Å²) in [7, 11) is -0.951. The van der Waals surface area contributed by atoms with Crippen LogP contribution in [0.5, 0.6) is 0 Å². The molecule has 0 aromatic heterocycles. The molecule has 0 atom stereocenters. The van der Waals surface area contributed by atoms with Gasteiger partial charge in [-0.05, 0) is 55.4 Å². The standard InChI is InChI=1S/C24H25BO2/c1-23(2)24(3,4)27-25(26-23)22-16-14-21(15-17-22)20-12-10-19(11-13-20)18-8-6-5-7-9-18/h5-17H,1-4H3/i14D,15D,16D,17D. The molecule has 3 heteroatoms. The summed E-state index contributed by atoms with van der Waals surface area (Å²) in [4.78, 5) is 0. The van der Waals surface area contributed by atoms with Crippen molar-refractivity contribution in [2.45, 2.75) is 38.9 Å². The first-order chi connectivity index (χ1) is 14.5. The van der Waals surface area contributed by atoms with E-state index in [1.165, 1.54) is 0 Å². The maximum Gasteiger partial charge on any atom is 0.494 e. The van der Waals surface area contributed by atoms with Gasteiger partial charge < -0.3 is 9.31 Å². The van der Waals surface area contributed by atoms with E-state index >= 15 is 0 Å². The van der Waals surface area contributed by atoms with E-state index in [1.54, 1.807) is 0 Å². The molecule has 4 rings (SSSR count). The molecule has 0 spiro atoms. The smallest absolute Gasteiger partial charge is 0.399 e. The molecule has 1 aliphatic heterocycles. The van der Waals surface area contributed by atoms with E-state index in [2.05, 4.69) is 0 Å². The fourth-order valence-corrected chi connectivity index (χ4v) is 3.01. The number of rotatable bonds is 3. The highest BCUT2D eigenvalue weighted by Crippen LogP contribution is 2.36. The van der Waals surface area contributed by atoms with Gasteiger partial charge in [-0.25, -0.2) is 0 Å². The van der Waals surface area contributed by atoms with Crippen molar-refractivity contribution >= 4 is 12.6 Å². The van der Waals surface area contributed by atoms with E-state index in [-0.39, 0.29) is 35.2 Å². The van der Waals surface area contributed by atoms with Gasteiger partial charge in [0.1, 0.15) is 0 Å². The second kappa shape index (κ2) is 6.67. The third-order valence-corrected chi connectivity index (χ3v) is 5.41. The zero-order valence-corrected chi connectivity index (χ0v) is 16.1. The Morgan fingerprint density at radius 1 is 0.630 bits per heavy atom. The van der Waals surface area contributed by atoms with E-state index in [1.807, 2.05) is 82.3 Å². The highest BCUT2D eigenvalue weighted by atomic mass is 16.7. The molecule has 1 heterocycles. The van der Waals surface area contributed by atoms with Crippen LogP contribution < -0.4 is 5.46 Å². The highest BCUT2D eigenvalue weighted by molar-refractivity contribution is 6.62. The van der Waals surface area contributed by atoms with Gasteiger partial charge in [0.05, 0.1) is 16.7 Å². The summed E-state index contributed by atoms with van der Waals surface area (Å²) < 4.78 is 46.3. The van der Waals surface area contributed by atoms with Crippen LogP contribution in [0.3, 0.4) is 0 Å². The summed E-state index contributed by atoms with van der Waals surface area (Å²) >= 11 is 0. The predicted octanol–water partition coefficient (Wildman–Crippen LogP) is 5.32. The van der Waals surface area contributed by atoms with Crippen molar-refractivity contribution in [3.8, 4) is 22.3 Å². The molecule has 0 saturated carbocycles. The lowest BCUT2D eigenvalue weighted by molar-refractivity contribution is 0.00578. The number of benzene rings is 3. The zero-order valence-electron chi connectivity index (χ0n) is 20.1. The maximum atomic E-state index is 8.59. The maximum absolute atomic E-state index is 8.59. The summed E-state index contributed by atoms with van der Waals surface area (Å²) in [6.45, 7) is 7.58. The molecule has 136 valence electrons. The van der Waals surface area contributed by atoms with E-state index in [0.717, 1.165) is 11.1 Å². The van der Waals surface area contributed by atoms with Crippen LogP contribution in [0.15, 0.2) is 78.8 Å². The monoisotopic (exact) mass is 360 g/mol. The Balaban J connectivity index is 1.76. The summed E-state index contributed by atoms with van der Waals surface area (Å²) in [5.41, 5.74) is 1.88. The SMILES string of the molecule is [2H]c1c([2H])c(-c2ccc(-c3ccccc3)cc2)c([2H])c([2H])c1B1OC(C)(C)C(C)(C)O1. The molecular formula is C24H25BO2. The van der Waals surface area contributed by atoms with Crippen molar-refractivity contribution in [3.63, 3.8) is 0 Å². The largest absolute Gasteiger partial charge is 0.494 e. The lowest BCUT2D eigenvalue weighted by atomic mass is 9.78. The second-order valence-corrected chi connectivity index (χ2v) is 7.82. The summed E-state index contributed by atoms with van der Waals surface area (Å²) in [6.07, 6.45) is 0. The van der Waals surface area contributed by atoms with Gasteiger partial charge >= 0.3 is 7.12 Å². The first kappa shape index (κ1) is 13.8. The Labute approximate surface area is 167 Å². The van der Waals surface area contributed by atoms with Crippen molar-refractivity contribution in [2.75, 3.05) is 0 Å². The molecule has 0 bridgehead atoms. The van der Waals surface area contributed by atoms with Crippen LogP contribution in [-0.2, 0) is 9.31 Å². The van der Waals surface area contributed by atoms with Gasteiger partial charge in [-0.15, -0.1) is 0 Å². The zero-order chi connectivity index (χ0) is 22.6. The molecule has 0 aliphatic carbocycles. The van der Waals surface area contributed by atoms with Crippen molar-refractivity contribution in [1.82, 2.24) is 0 Å². The van der Waals surface area contributed by atoms with Gasteiger partial charge in [-0.1, -0.05) is 78.8 Å². The molecule has 1 aliphatic rings. The molecule has 3 aromatic rings. The van der Waals surface area contributed by atoms with Gasteiger partial charge in [0.25, 0.3) is 0 Å². The summed E-state index contributed by atoms with van der Waals surface area (Å²) in [5, 5.41) is 0. The Morgan fingerprint density at radius 2 is 1.07 bits per heavy atom. The van der Waals surface area contributed by atoms with Crippen LogP contribution in [0.4, 0.5) is 0 Å². The fourth-order valence-electron chi connectivity index (χ4n) is 3.01. The quantitative estimate of drug-likeness (QED) is 0.589. The fraction of sp³-hybridized carbons (Fsp3) is 0.250. The van der Waals surface area contributed by atoms with Crippen LogP contribution in [0.25, 0.3) is 22.3 Å². The van der Waals surface area contributed by atoms with E-state index < -0.39 is 18.3 Å². The van der Waals surface area contributed by atoms with Crippen LogP contribution >= 0.6 is 0 Å². The van der Waals surface area contributed by atoms with Gasteiger partial charge in [0.2, 0.25) is 0 Å². The van der Waals surface area contributed by atoms with Gasteiger partial charge in [-0.3, -0.25) is 0 Å². The van der Waals surface area contributed by atoms with Gasteiger partial charge in [0, 0.05) is 0 Å². The molecule has 3 aromatic carbocycles. The van der Waals surface area contributed by atoms with E-state index in [4.69, 9.17) is 14.8 Å². The van der Waals surface area contributed by atoms with Crippen LogP contribution in [0.1, 0.15) is 33.2 Å². The average Bonchev–Trinajstić information content (AvgIpc) is 2.95. The molecule has 0 N–H and O–H groups in total. The molecule has 1 fully saturated rings. The van der Waals surface area contributed by atoms with Crippen molar-refractivity contribution in [1.29, 1.82) is 0 Å². The predicted molar refractivity (Wildman–Crippen MR) is 113 cm³/mol. The average molecular weight is 360 g/mol. The minimum absolute atomic E-state index is 0.0989. The third-order valence-electron chi connectivity index (χ3n) is 5.41. The highest BCUT2D eigenvalue weighted by Gasteiger charge is 2.51. The topological polar surface area (TPSA) is 18.5 Å². The lowest BCUT2D eigenvalue weighted by Crippen LogP contribution is -2.41. The minimum Gasteiger partial charge on any atom is -0.399 e. The Morgan fingerprint density at radius 3 is 1.59 bits per heavy atom. The van der Waals surface area contributed by atoms with Gasteiger partial charge in [-0.2, -0.15) is 0 Å². The Hall–Kier alpha value is -2.36. The van der Waals surface area contributed by atoms with Crippen molar-refractivity contribution < 1.29 is 14.8 Å². The van der Waals surface area contributed by atoms with Crippen LogP contribution in [-0.4, -0.2) is 18.3 Å².